The summed E-state index contributed by atoms with van der Waals surface area (Å²) in [6.45, 7) is 4.23. The maximum Gasteiger partial charge on any atom is 0.241 e. The second-order valence-electron chi connectivity index (χ2n) is 14.2. The van der Waals surface area contributed by atoms with E-state index < -0.39 is 35.0 Å². The molecule has 3 aromatic rings. The Morgan fingerprint density at radius 2 is 1.54 bits per heavy atom. The quantitative estimate of drug-likeness (QED) is 0.268. The van der Waals surface area contributed by atoms with Crippen LogP contribution in [-0.4, -0.2) is 57.7 Å². The smallest absolute Gasteiger partial charge is 0.241 e. The lowest BCUT2D eigenvalue weighted by atomic mass is 9.51. The number of halogens is 1. The Hall–Kier alpha value is -4.27. The van der Waals surface area contributed by atoms with Crippen molar-refractivity contribution in [1.82, 2.24) is 9.80 Å². The third-order valence-electron chi connectivity index (χ3n) is 11.8. The summed E-state index contributed by atoms with van der Waals surface area (Å²) >= 11 is 6.48. The number of allylic oxidation sites excluding steroid dienone is 2. The highest BCUT2D eigenvalue weighted by molar-refractivity contribution is 6.30. The van der Waals surface area contributed by atoms with Gasteiger partial charge in [-0.1, -0.05) is 71.8 Å². The van der Waals surface area contributed by atoms with Gasteiger partial charge in [0, 0.05) is 42.2 Å². The Morgan fingerprint density at radius 1 is 0.854 bits per heavy atom. The number of piperidine rings is 1. The van der Waals surface area contributed by atoms with Crippen LogP contribution in [0.25, 0.3) is 0 Å². The lowest BCUT2D eigenvalue weighted by Crippen LogP contribution is -2.49. The number of imide groups is 2. The van der Waals surface area contributed by atoms with E-state index in [1.807, 2.05) is 37.3 Å². The molecule has 3 saturated heterocycles. The Labute approximate surface area is 285 Å². The highest BCUT2D eigenvalue weighted by atomic mass is 35.5. The molecule has 8 nitrogen and oxygen atoms in total. The second kappa shape index (κ2) is 11.7. The van der Waals surface area contributed by atoms with Crippen molar-refractivity contribution < 1.29 is 24.3 Å². The molecule has 246 valence electrons. The third kappa shape index (κ3) is 4.67. The molecule has 1 N–H and O–H groups in total. The molecule has 0 bridgehead atoms. The molecule has 4 fully saturated rings. The molecule has 48 heavy (non-hydrogen) atoms. The SMILES string of the molecule is CC12C(=O)N(c3ccccc3)C(=O)C1CC1C(=CCC3C(=O)N(C4CCN(Cc5ccccc5)CC4)C(=O)C31)C2c1cc(Cl)ccc1O. The zero-order valence-electron chi connectivity index (χ0n) is 26.8. The fourth-order valence-corrected chi connectivity index (χ4v) is 9.68. The normalized spacial score (nSPS) is 30.7. The number of hydrogen-bond donors (Lipinski definition) is 1. The van der Waals surface area contributed by atoms with Crippen molar-refractivity contribution in [3.63, 3.8) is 0 Å². The van der Waals surface area contributed by atoms with Gasteiger partial charge in [0.25, 0.3) is 0 Å². The molecule has 5 aliphatic rings. The molecule has 0 aromatic heterocycles. The van der Waals surface area contributed by atoms with Gasteiger partial charge in [0.05, 0.1) is 28.9 Å². The predicted octanol–water partition coefficient (Wildman–Crippen LogP) is 5.94. The average Bonchev–Trinajstić information content (AvgIpc) is 3.46. The zero-order valence-corrected chi connectivity index (χ0v) is 27.6. The summed E-state index contributed by atoms with van der Waals surface area (Å²) in [5.41, 5.74) is 1.79. The maximum atomic E-state index is 14.5. The topological polar surface area (TPSA) is 98.2 Å². The molecule has 8 rings (SSSR count). The van der Waals surface area contributed by atoms with E-state index in [9.17, 15) is 24.3 Å². The van der Waals surface area contributed by atoms with Crippen molar-refractivity contribution in [2.75, 3.05) is 18.0 Å². The number of aromatic hydroxyl groups is 1. The van der Waals surface area contributed by atoms with Crippen molar-refractivity contribution in [2.24, 2.45) is 29.1 Å². The average molecular weight is 664 g/mol. The highest BCUT2D eigenvalue weighted by Crippen LogP contribution is 2.64. The molecular weight excluding hydrogens is 626 g/mol. The molecule has 0 spiro atoms. The Bertz CT molecular complexity index is 1840. The number of fused-ring (bicyclic) bond motifs is 4. The van der Waals surface area contributed by atoms with Gasteiger partial charge in [-0.2, -0.15) is 0 Å². The molecule has 2 aliphatic carbocycles. The molecule has 4 amide bonds. The lowest BCUT2D eigenvalue weighted by molar-refractivity contribution is -0.144. The van der Waals surface area contributed by atoms with Crippen molar-refractivity contribution in [3.05, 3.63) is 107 Å². The largest absolute Gasteiger partial charge is 0.508 e. The lowest BCUT2D eigenvalue weighted by Gasteiger charge is -2.49. The number of phenolic OH excluding ortho intramolecular Hbond substituents is 1. The van der Waals surface area contributed by atoms with E-state index in [2.05, 4.69) is 17.0 Å². The molecule has 3 aliphatic heterocycles. The monoisotopic (exact) mass is 663 g/mol. The van der Waals surface area contributed by atoms with E-state index in [0.29, 0.717) is 35.5 Å². The van der Waals surface area contributed by atoms with E-state index in [1.54, 1.807) is 41.3 Å². The van der Waals surface area contributed by atoms with Crippen LogP contribution in [0, 0.1) is 29.1 Å². The number of nitrogens with zero attached hydrogens (tertiary/aromatic N) is 3. The number of anilines is 1. The minimum absolute atomic E-state index is 0.0239. The summed E-state index contributed by atoms with van der Waals surface area (Å²) in [7, 11) is 0. The Morgan fingerprint density at radius 3 is 2.25 bits per heavy atom. The van der Waals surface area contributed by atoms with Crippen LogP contribution in [0.15, 0.2) is 90.5 Å². The van der Waals surface area contributed by atoms with Crippen LogP contribution >= 0.6 is 11.6 Å². The van der Waals surface area contributed by atoms with Gasteiger partial charge in [0.1, 0.15) is 5.75 Å². The molecule has 6 unspecified atom stereocenters. The molecule has 0 radical (unpaired) electrons. The minimum Gasteiger partial charge on any atom is -0.508 e. The van der Waals surface area contributed by atoms with Crippen molar-refractivity contribution in [1.29, 1.82) is 0 Å². The van der Waals surface area contributed by atoms with E-state index in [4.69, 9.17) is 11.6 Å². The number of carbonyl (C=O) groups is 4. The molecular formula is C39H38ClN3O5. The standard InChI is InChI=1S/C39H38ClN3O5/c1-39-31(36(46)43(38(39)48)25-10-6-3-7-11-25)21-29-27(34(39)30-20-24(40)12-15-32(30)44)13-14-28-33(29)37(47)42(35(28)45)26-16-18-41(19-17-26)22-23-8-4-2-5-9-23/h2-13,15,20,26,28-29,31,33-34,44H,14,16-19,21-22H2,1H3. The summed E-state index contributed by atoms with van der Waals surface area (Å²) in [5, 5.41) is 11.6. The molecule has 9 heteroatoms. The molecule has 6 atom stereocenters. The summed E-state index contributed by atoms with van der Waals surface area (Å²) < 4.78 is 0. The van der Waals surface area contributed by atoms with Crippen molar-refractivity contribution in [3.8, 4) is 5.75 Å². The molecule has 3 heterocycles. The van der Waals surface area contributed by atoms with E-state index in [1.165, 1.54) is 16.5 Å². The van der Waals surface area contributed by atoms with Crippen LogP contribution in [0.2, 0.25) is 5.02 Å². The van der Waals surface area contributed by atoms with Gasteiger partial charge in [-0.15, -0.1) is 0 Å². The number of carbonyl (C=O) groups excluding carboxylic acids is 4. The second-order valence-corrected chi connectivity index (χ2v) is 14.7. The van der Waals surface area contributed by atoms with Gasteiger partial charge < -0.3 is 5.11 Å². The first-order valence-electron chi connectivity index (χ1n) is 16.9. The van der Waals surface area contributed by atoms with E-state index in [0.717, 1.165) is 25.2 Å². The number of para-hydroxylation sites is 1. The summed E-state index contributed by atoms with van der Waals surface area (Å²) in [6, 6.07) is 23.8. The van der Waals surface area contributed by atoms with Gasteiger partial charge in [0.15, 0.2) is 0 Å². The fourth-order valence-electron chi connectivity index (χ4n) is 9.50. The van der Waals surface area contributed by atoms with Gasteiger partial charge in [-0.05, 0) is 74.4 Å². The first-order valence-corrected chi connectivity index (χ1v) is 17.3. The summed E-state index contributed by atoms with van der Waals surface area (Å²) in [6.07, 6.45) is 4.09. The number of phenols is 1. The van der Waals surface area contributed by atoms with Gasteiger partial charge in [-0.3, -0.25) is 29.0 Å². The Balaban J connectivity index is 1.13. The van der Waals surface area contributed by atoms with Gasteiger partial charge in [-0.25, -0.2) is 4.90 Å². The van der Waals surface area contributed by atoms with Crippen LogP contribution in [0.1, 0.15) is 49.7 Å². The third-order valence-corrected chi connectivity index (χ3v) is 12.0. The van der Waals surface area contributed by atoms with Crippen LogP contribution in [0.5, 0.6) is 5.75 Å². The van der Waals surface area contributed by atoms with E-state index in [-0.39, 0.29) is 41.8 Å². The van der Waals surface area contributed by atoms with Crippen LogP contribution in [-0.2, 0) is 25.7 Å². The number of rotatable bonds is 5. The van der Waals surface area contributed by atoms with Gasteiger partial charge in [0.2, 0.25) is 23.6 Å². The summed E-state index contributed by atoms with van der Waals surface area (Å²) in [5.74, 6) is -4.01. The van der Waals surface area contributed by atoms with Crippen LogP contribution in [0.3, 0.4) is 0 Å². The maximum absolute atomic E-state index is 14.5. The minimum atomic E-state index is -1.23. The van der Waals surface area contributed by atoms with Gasteiger partial charge >= 0.3 is 0 Å². The summed E-state index contributed by atoms with van der Waals surface area (Å²) in [4.78, 5) is 62.5. The van der Waals surface area contributed by atoms with Crippen LogP contribution in [0.4, 0.5) is 5.69 Å². The molecule has 3 aromatic carbocycles. The van der Waals surface area contributed by atoms with Crippen molar-refractivity contribution >= 4 is 40.9 Å². The number of benzene rings is 3. The Kier molecular flexibility index (Phi) is 7.57. The molecule has 1 saturated carbocycles. The number of amides is 4. The highest BCUT2D eigenvalue weighted by Gasteiger charge is 2.68. The first kappa shape index (κ1) is 31.0. The van der Waals surface area contributed by atoms with Crippen LogP contribution < -0.4 is 4.90 Å². The number of likely N-dealkylation sites (tertiary alicyclic amines) is 2. The predicted molar refractivity (Wildman–Crippen MR) is 181 cm³/mol. The van der Waals surface area contributed by atoms with E-state index >= 15 is 0 Å². The first-order chi connectivity index (χ1) is 23.2. The zero-order chi connectivity index (χ0) is 33.3. The number of hydrogen-bond acceptors (Lipinski definition) is 6. The van der Waals surface area contributed by atoms with Crippen molar-refractivity contribution in [2.45, 2.75) is 51.1 Å². The fraction of sp³-hybridized carbons (Fsp3) is 0.385.